The molecule has 1 saturated heterocycles. The second-order valence-electron chi connectivity index (χ2n) is 9.28. The van der Waals surface area contributed by atoms with Gasteiger partial charge in [0.1, 0.15) is 17.6 Å². The van der Waals surface area contributed by atoms with Gasteiger partial charge in [-0.05, 0) is 48.7 Å². The first-order valence-corrected chi connectivity index (χ1v) is 12.0. The molecule has 2 aliphatic rings. The predicted octanol–water partition coefficient (Wildman–Crippen LogP) is 3.56. The molecule has 2 aromatic carbocycles. The van der Waals surface area contributed by atoms with Gasteiger partial charge in [0.25, 0.3) is 5.91 Å². The highest BCUT2D eigenvalue weighted by atomic mass is 19.1. The molecule has 4 heterocycles. The monoisotopic (exact) mass is 474 g/mol. The van der Waals surface area contributed by atoms with Gasteiger partial charge >= 0.3 is 0 Å². The molecule has 0 aliphatic carbocycles. The normalized spacial score (nSPS) is 19.1. The second-order valence-corrected chi connectivity index (χ2v) is 9.28. The Morgan fingerprint density at radius 1 is 1.14 bits per heavy atom. The van der Waals surface area contributed by atoms with Crippen LogP contribution in [0.1, 0.15) is 46.3 Å². The Morgan fingerprint density at radius 2 is 1.97 bits per heavy atom. The van der Waals surface area contributed by atoms with Gasteiger partial charge in [-0.15, -0.1) is 5.10 Å². The number of hydrogen-bond donors (Lipinski definition) is 2. The van der Waals surface area contributed by atoms with Crippen molar-refractivity contribution in [1.29, 1.82) is 0 Å². The summed E-state index contributed by atoms with van der Waals surface area (Å²) < 4.78 is 21.2. The minimum absolute atomic E-state index is 0.0196. The summed E-state index contributed by atoms with van der Waals surface area (Å²) in [5.41, 5.74) is 4.55. The standard InChI is InChI=1S/C26H27FN6O2/c27-18-6-4-17(5-7-18)25-15-33-24(16-35-25)23(30-31-33)14-32-12-9-19(10-13-32)29-26(34)21-2-1-3-22-20(21)8-11-28-22/h1-8,11,19,25,28H,9-10,12-16H2,(H,29,34)/t25-/m0/s1. The number of piperidine rings is 1. The Morgan fingerprint density at radius 3 is 2.80 bits per heavy atom. The van der Waals surface area contributed by atoms with Crippen molar-refractivity contribution < 1.29 is 13.9 Å². The summed E-state index contributed by atoms with van der Waals surface area (Å²) in [6.07, 6.45) is 3.48. The maximum Gasteiger partial charge on any atom is 0.252 e. The van der Waals surface area contributed by atoms with Crippen LogP contribution in [0.15, 0.2) is 54.7 Å². The molecule has 35 heavy (non-hydrogen) atoms. The van der Waals surface area contributed by atoms with Gasteiger partial charge in [-0.25, -0.2) is 9.07 Å². The van der Waals surface area contributed by atoms with Crippen LogP contribution in [-0.2, 0) is 24.4 Å². The van der Waals surface area contributed by atoms with Gasteiger partial charge in [0, 0.05) is 48.3 Å². The third kappa shape index (κ3) is 4.44. The summed E-state index contributed by atoms with van der Waals surface area (Å²) >= 11 is 0. The Bertz CT molecular complexity index is 1340. The largest absolute Gasteiger partial charge is 0.365 e. The summed E-state index contributed by atoms with van der Waals surface area (Å²) in [7, 11) is 0. The highest BCUT2D eigenvalue weighted by molar-refractivity contribution is 6.06. The number of carbonyl (C=O) groups excluding carboxylic acids is 1. The van der Waals surface area contributed by atoms with E-state index in [-0.39, 0.29) is 23.9 Å². The van der Waals surface area contributed by atoms with Crippen LogP contribution in [0.5, 0.6) is 0 Å². The van der Waals surface area contributed by atoms with Crippen molar-refractivity contribution in [1.82, 2.24) is 30.2 Å². The fourth-order valence-corrected chi connectivity index (χ4v) is 5.06. The number of fused-ring (bicyclic) bond motifs is 2. The third-order valence-corrected chi connectivity index (χ3v) is 7.06. The molecule has 2 N–H and O–H groups in total. The molecule has 0 spiro atoms. The second kappa shape index (κ2) is 9.24. The molecule has 9 heteroatoms. The van der Waals surface area contributed by atoms with E-state index in [0.29, 0.717) is 25.3 Å². The summed E-state index contributed by atoms with van der Waals surface area (Å²) in [5, 5.41) is 12.9. The van der Waals surface area contributed by atoms with Gasteiger partial charge in [-0.1, -0.05) is 23.4 Å². The van der Waals surface area contributed by atoms with E-state index in [4.69, 9.17) is 4.74 Å². The van der Waals surface area contributed by atoms with Crippen LogP contribution in [0.4, 0.5) is 4.39 Å². The number of likely N-dealkylation sites (tertiary alicyclic amines) is 1. The number of carbonyl (C=O) groups is 1. The molecular weight excluding hydrogens is 447 g/mol. The first-order valence-electron chi connectivity index (χ1n) is 12.0. The molecule has 6 rings (SSSR count). The van der Waals surface area contributed by atoms with Crippen molar-refractivity contribution in [3.8, 4) is 0 Å². The van der Waals surface area contributed by atoms with E-state index >= 15 is 0 Å². The Hall–Kier alpha value is -3.56. The number of H-pyrrole nitrogens is 1. The van der Waals surface area contributed by atoms with Crippen LogP contribution in [0.2, 0.25) is 0 Å². The number of nitrogens with zero attached hydrogens (tertiary/aromatic N) is 4. The lowest BCUT2D eigenvalue weighted by atomic mass is 10.0. The average Bonchev–Trinajstić information content (AvgIpc) is 3.52. The molecule has 0 bridgehead atoms. The zero-order chi connectivity index (χ0) is 23.8. The van der Waals surface area contributed by atoms with Crippen LogP contribution in [0, 0.1) is 5.82 Å². The molecular formula is C26H27FN6O2. The van der Waals surface area contributed by atoms with Gasteiger partial charge in [-0.2, -0.15) is 0 Å². The number of rotatable bonds is 5. The molecule has 1 fully saturated rings. The van der Waals surface area contributed by atoms with Crippen LogP contribution in [0.3, 0.4) is 0 Å². The zero-order valence-corrected chi connectivity index (χ0v) is 19.3. The minimum atomic E-state index is -0.255. The van der Waals surface area contributed by atoms with Crippen LogP contribution in [-0.4, -0.2) is 49.9 Å². The van der Waals surface area contributed by atoms with Crippen molar-refractivity contribution >= 4 is 16.8 Å². The molecule has 0 unspecified atom stereocenters. The minimum Gasteiger partial charge on any atom is -0.365 e. The quantitative estimate of drug-likeness (QED) is 0.462. The van der Waals surface area contributed by atoms with Gasteiger partial charge in [0.15, 0.2) is 0 Å². The van der Waals surface area contributed by atoms with Crippen molar-refractivity contribution in [3.05, 3.63) is 83.1 Å². The fourth-order valence-electron chi connectivity index (χ4n) is 5.06. The highest BCUT2D eigenvalue weighted by Gasteiger charge is 2.27. The first kappa shape index (κ1) is 21.9. The summed E-state index contributed by atoms with van der Waals surface area (Å²) in [6.45, 7) is 3.47. The van der Waals surface area contributed by atoms with Crippen LogP contribution in [0.25, 0.3) is 10.9 Å². The number of aromatic amines is 1. The van der Waals surface area contributed by atoms with E-state index in [2.05, 4.69) is 25.5 Å². The zero-order valence-electron chi connectivity index (χ0n) is 19.3. The Balaban J connectivity index is 1.04. The van der Waals surface area contributed by atoms with Gasteiger partial charge in [0.05, 0.1) is 18.8 Å². The third-order valence-electron chi connectivity index (χ3n) is 7.06. The number of benzene rings is 2. The number of hydrogen-bond acceptors (Lipinski definition) is 5. The number of halogens is 1. The molecule has 1 amide bonds. The van der Waals surface area contributed by atoms with Crippen molar-refractivity contribution in [2.24, 2.45) is 0 Å². The molecule has 2 aliphatic heterocycles. The van der Waals surface area contributed by atoms with Gasteiger partial charge in [0.2, 0.25) is 0 Å². The summed E-state index contributed by atoms with van der Waals surface area (Å²) in [4.78, 5) is 18.4. The van der Waals surface area contributed by atoms with E-state index in [9.17, 15) is 9.18 Å². The number of aromatic nitrogens is 4. The number of amides is 1. The predicted molar refractivity (Wildman–Crippen MR) is 128 cm³/mol. The van der Waals surface area contributed by atoms with Crippen molar-refractivity contribution in [2.45, 2.75) is 44.7 Å². The van der Waals surface area contributed by atoms with Crippen molar-refractivity contribution in [2.75, 3.05) is 13.1 Å². The first-order chi connectivity index (χ1) is 17.1. The fraction of sp³-hybridized carbons (Fsp3) is 0.346. The van der Waals surface area contributed by atoms with E-state index < -0.39 is 0 Å². The van der Waals surface area contributed by atoms with E-state index in [1.165, 1.54) is 12.1 Å². The highest BCUT2D eigenvalue weighted by Crippen LogP contribution is 2.28. The topological polar surface area (TPSA) is 88.1 Å². The number of nitrogens with one attached hydrogen (secondary N) is 2. The van der Waals surface area contributed by atoms with Crippen LogP contribution < -0.4 is 5.32 Å². The summed E-state index contributed by atoms with van der Waals surface area (Å²) in [6, 6.07) is 14.3. The Kier molecular flexibility index (Phi) is 5.79. The van der Waals surface area contributed by atoms with E-state index in [0.717, 1.165) is 53.8 Å². The van der Waals surface area contributed by atoms with Gasteiger partial charge in [-0.3, -0.25) is 9.69 Å². The lowest BCUT2D eigenvalue weighted by molar-refractivity contribution is -0.00220. The maximum absolute atomic E-state index is 13.2. The number of ether oxygens (including phenoxy) is 1. The van der Waals surface area contributed by atoms with E-state index in [1.54, 1.807) is 12.1 Å². The molecule has 0 radical (unpaired) electrons. The lowest BCUT2D eigenvalue weighted by Crippen LogP contribution is -2.44. The van der Waals surface area contributed by atoms with Crippen LogP contribution >= 0.6 is 0 Å². The molecule has 8 nitrogen and oxygen atoms in total. The molecule has 180 valence electrons. The molecule has 1 atom stereocenters. The van der Waals surface area contributed by atoms with E-state index in [1.807, 2.05) is 35.1 Å². The molecule has 4 aromatic rings. The SMILES string of the molecule is O=C(NC1CCN(Cc2nnn3c2CO[C@H](c2ccc(F)cc2)C3)CC1)c1cccc2[nH]ccc12. The average molecular weight is 475 g/mol. The van der Waals surface area contributed by atoms with Gasteiger partial charge < -0.3 is 15.0 Å². The lowest BCUT2D eigenvalue weighted by Gasteiger charge is -2.32. The molecule has 0 saturated carbocycles. The Labute approximate surface area is 202 Å². The van der Waals surface area contributed by atoms with Crippen molar-refractivity contribution in [3.63, 3.8) is 0 Å². The molecule has 2 aromatic heterocycles. The smallest absolute Gasteiger partial charge is 0.252 e. The summed E-state index contributed by atoms with van der Waals surface area (Å²) in [5.74, 6) is -0.275. The maximum atomic E-state index is 13.2.